The number of nitrogens with one attached hydrogen (secondary N) is 1. The highest BCUT2D eigenvalue weighted by atomic mass is 35.5. The maximum absolute atomic E-state index is 13.3. The molecule has 162 valence electrons. The number of methoxy groups -OCH3 is 2. The number of rotatable bonds is 9. The van der Waals surface area contributed by atoms with Gasteiger partial charge in [-0.3, -0.25) is 9.59 Å². The molecule has 1 N–H and O–H groups in total. The molecule has 0 aliphatic heterocycles. The summed E-state index contributed by atoms with van der Waals surface area (Å²) in [6.45, 7) is 6.64. The highest BCUT2D eigenvalue weighted by Gasteiger charge is 2.28. The van der Waals surface area contributed by atoms with Crippen LogP contribution in [0.25, 0.3) is 0 Å². The van der Waals surface area contributed by atoms with Gasteiger partial charge in [0.2, 0.25) is 5.91 Å². The van der Waals surface area contributed by atoms with E-state index in [1.807, 2.05) is 39.0 Å². The van der Waals surface area contributed by atoms with Crippen molar-refractivity contribution < 1.29 is 19.1 Å². The van der Waals surface area contributed by atoms with Gasteiger partial charge < -0.3 is 19.7 Å². The summed E-state index contributed by atoms with van der Waals surface area (Å²) in [6, 6.07) is 11.5. The molecule has 0 heterocycles. The van der Waals surface area contributed by atoms with Crippen molar-refractivity contribution in [3.05, 3.63) is 58.6 Å². The Bertz CT molecular complexity index is 868. The Kier molecular flexibility index (Phi) is 8.54. The molecule has 2 aromatic carbocycles. The van der Waals surface area contributed by atoms with Gasteiger partial charge in [-0.15, -0.1) is 0 Å². The third kappa shape index (κ3) is 5.89. The van der Waals surface area contributed by atoms with E-state index in [9.17, 15) is 9.59 Å². The summed E-state index contributed by atoms with van der Waals surface area (Å²) in [5.41, 5.74) is 1.37. The molecule has 2 aromatic rings. The quantitative estimate of drug-likeness (QED) is 0.646. The van der Waals surface area contributed by atoms with Crippen LogP contribution in [0, 0.1) is 5.92 Å². The second kappa shape index (κ2) is 10.9. The number of benzene rings is 2. The molecule has 0 saturated carbocycles. The zero-order valence-corrected chi connectivity index (χ0v) is 18.8. The average molecular weight is 433 g/mol. The maximum Gasteiger partial charge on any atom is 0.251 e. The van der Waals surface area contributed by atoms with E-state index in [0.29, 0.717) is 35.2 Å². The number of hydrogen-bond acceptors (Lipinski definition) is 4. The number of hydrogen-bond donors (Lipinski definition) is 1. The van der Waals surface area contributed by atoms with Gasteiger partial charge >= 0.3 is 0 Å². The van der Waals surface area contributed by atoms with Crippen molar-refractivity contribution in [3.63, 3.8) is 0 Å². The Hall–Kier alpha value is -2.73. The zero-order valence-electron chi connectivity index (χ0n) is 18.1. The Labute approximate surface area is 183 Å². The van der Waals surface area contributed by atoms with E-state index in [2.05, 4.69) is 5.32 Å². The number of ether oxygens (including phenoxy) is 2. The van der Waals surface area contributed by atoms with E-state index in [4.69, 9.17) is 21.1 Å². The van der Waals surface area contributed by atoms with Crippen molar-refractivity contribution in [1.29, 1.82) is 0 Å². The van der Waals surface area contributed by atoms with Gasteiger partial charge in [0.1, 0.15) is 6.04 Å². The van der Waals surface area contributed by atoms with Crippen LogP contribution in [0.2, 0.25) is 5.02 Å². The molecule has 1 atom stereocenters. The minimum atomic E-state index is -0.645. The lowest BCUT2D eigenvalue weighted by Gasteiger charge is -2.29. The fourth-order valence-electron chi connectivity index (χ4n) is 3.08. The van der Waals surface area contributed by atoms with Crippen LogP contribution in [0.15, 0.2) is 42.5 Å². The molecular formula is C23H29ClN2O4. The lowest BCUT2D eigenvalue weighted by atomic mass is 10.0. The summed E-state index contributed by atoms with van der Waals surface area (Å²) in [5.74, 6) is 0.722. The first-order valence-corrected chi connectivity index (χ1v) is 10.2. The highest BCUT2D eigenvalue weighted by Crippen LogP contribution is 2.28. The molecule has 0 bridgehead atoms. The molecule has 2 rings (SSSR count). The maximum atomic E-state index is 13.3. The fraction of sp³-hybridized carbons (Fsp3) is 0.391. The van der Waals surface area contributed by atoms with E-state index >= 15 is 0 Å². The van der Waals surface area contributed by atoms with E-state index in [1.165, 1.54) is 0 Å². The fourth-order valence-corrected chi connectivity index (χ4v) is 3.21. The molecule has 0 fully saturated rings. The van der Waals surface area contributed by atoms with Crippen molar-refractivity contribution in [3.8, 4) is 11.5 Å². The minimum absolute atomic E-state index is 0.0757. The van der Waals surface area contributed by atoms with Crippen molar-refractivity contribution in [2.45, 2.75) is 33.4 Å². The molecule has 0 spiro atoms. The van der Waals surface area contributed by atoms with E-state index < -0.39 is 6.04 Å². The molecule has 2 amide bonds. The molecular weight excluding hydrogens is 404 g/mol. The number of halogens is 1. The van der Waals surface area contributed by atoms with Crippen LogP contribution in [-0.2, 0) is 11.3 Å². The van der Waals surface area contributed by atoms with Crippen LogP contribution in [0.3, 0.4) is 0 Å². The second-order valence-electron chi connectivity index (χ2n) is 7.24. The highest BCUT2D eigenvalue weighted by molar-refractivity contribution is 6.30. The smallest absolute Gasteiger partial charge is 0.251 e. The first kappa shape index (κ1) is 23.5. The van der Waals surface area contributed by atoms with E-state index in [0.717, 1.165) is 5.56 Å². The molecule has 0 aliphatic rings. The summed E-state index contributed by atoms with van der Waals surface area (Å²) in [4.78, 5) is 27.6. The van der Waals surface area contributed by atoms with Gasteiger partial charge in [-0.25, -0.2) is 0 Å². The average Bonchev–Trinajstić information content (AvgIpc) is 2.75. The predicted molar refractivity (Wildman–Crippen MR) is 118 cm³/mol. The monoisotopic (exact) mass is 432 g/mol. The van der Waals surface area contributed by atoms with Gasteiger partial charge in [0.15, 0.2) is 11.5 Å². The Morgan fingerprint density at radius 2 is 1.67 bits per heavy atom. The third-order valence-electron chi connectivity index (χ3n) is 4.84. The normalized spacial score (nSPS) is 11.7. The third-order valence-corrected chi connectivity index (χ3v) is 5.09. The van der Waals surface area contributed by atoms with Crippen LogP contribution in [0.5, 0.6) is 11.5 Å². The number of carbonyl (C=O) groups is 2. The van der Waals surface area contributed by atoms with Crippen LogP contribution in [0.4, 0.5) is 0 Å². The first-order valence-electron chi connectivity index (χ1n) is 9.86. The van der Waals surface area contributed by atoms with Crippen molar-refractivity contribution in [1.82, 2.24) is 10.2 Å². The molecule has 7 heteroatoms. The van der Waals surface area contributed by atoms with Crippen molar-refractivity contribution in [2.24, 2.45) is 5.92 Å². The lowest BCUT2D eigenvalue weighted by molar-refractivity contribution is -0.134. The summed E-state index contributed by atoms with van der Waals surface area (Å²) in [6.07, 6.45) is 0. The van der Waals surface area contributed by atoms with Gasteiger partial charge in [-0.05, 0) is 54.8 Å². The summed E-state index contributed by atoms with van der Waals surface area (Å²) >= 11 is 5.89. The Balaban J connectivity index is 2.17. The minimum Gasteiger partial charge on any atom is -0.493 e. The SMILES string of the molecule is CCN(Cc1ccc(OC)c(OC)c1)C(=O)[C@@H](NC(=O)c1ccc(Cl)cc1)C(C)C. The van der Waals surface area contributed by atoms with Crippen LogP contribution < -0.4 is 14.8 Å². The largest absolute Gasteiger partial charge is 0.493 e. The van der Waals surface area contributed by atoms with Crippen molar-refractivity contribution >= 4 is 23.4 Å². The van der Waals surface area contributed by atoms with E-state index in [-0.39, 0.29) is 17.7 Å². The van der Waals surface area contributed by atoms with Gasteiger partial charge in [0.05, 0.1) is 14.2 Å². The molecule has 0 radical (unpaired) electrons. The van der Waals surface area contributed by atoms with Gasteiger partial charge in [0, 0.05) is 23.7 Å². The number of likely N-dealkylation sites (N-methyl/N-ethyl adjacent to an activating group) is 1. The standard InChI is InChI=1S/C23H29ClN2O4/c1-6-26(14-16-7-12-19(29-4)20(13-16)30-5)23(28)21(15(2)3)25-22(27)17-8-10-18(24)11-9-17/h7-13,15,21H,6,14H2,1-5H3,(H,25,27)/t21-/m0/s1. The lowest BCUT2D eigenvalue weighted by Crippen LogP contribution is -2.51. The molecule has 0 unspecified atom stereocenters. The Morgan fingerprint density at radius 3 is 2.20 bits per heavy atom. The molecule has 0 saturated heterocycles. The van der Waals surface area contributed by atoms with Crippen LogP contribution >= 0.6 is 11.6 Å². The van der Waals surface area contributed by atoms with Crippen LogP contribution in [0.1, 0.15) is 36.7 Å². The van der Waals surface area contributed by atoms with Crippen LogP contribution in [-0.4, -0.2) is 43.5 Å². The summed E-state index contributed by atoms with van der Waals surface area (Å²) < 4.78 is 10.6. The molecule has 0 aromatic heterocycles. The van der Waals surface area contributed by atoms with Gasteiger partial charge in [-0.1, -0.05) is 31.5 Å². The number of carbonyl (C=O) groups excluding carboxylic acids is 2. The summed E-state index contributed by atoms with van der Waals surface area (Å²) in [5, 5.41) is 3.43. The predicted octanol–water partition coefficient (Wildman–Crippen LogP) is 4.16. The van der Waals surface area contributed by atoms with Gasteiger partial charge in [0.25, 0.3) is 5.91 Å². The topological polar surface area (TPSA) is 67.9 Å². The summed E-state index contributed by atoms with van der Waals surface area (Å²) in [7, 11) is 3.15. The zero-order chi connectivity index (χ0) is 22.3. The molecule has 0 aliphatic carbocycles. The van der Waals surface area contributed by atoms with Gasteiger partial charge in [-0.2, -0.15) is 0 Å². The molecule has 6 nitrogen and oxygen atoms in total. The Morgan fingerprint density at radius 1 is 1.03 bits per heavy atom. The number of nitrogens with zero attached hydrogens (tertiary/aromatic N) is 1. The number of amides is 2. The van der Waals surface area contributed by atoms with Crippen molar-refractivity contribution in [2.75, 3.05) is 20.8 Å². The first-order chi connectivity index (χ1) is 14.3. The molecule has 30 heavy (non-hydrogen) atoms. The second-order valence-corrected chi connectivity index (χ2v) is 7.68. The van der Waals surface area contributed by atoms with E-state index in [1.54, 1.807) is 43.4 Å².